The number of halogens is 3. The second kappa shape index (κ2) is 9.52. The Balaban J connectivity index is 1.30. The molecule has 0 bridgehead atoms. The zero-order valence-corrected chi connectivity index (χ0v) is 18.4. The van der Waals surface area contributed by atoms with Gasteiger partial charge in [-0.05, 0) is 24.7 Å². The van der Waals surface area contributed by atoms with E-state index in [2.05, 4.69) is 20.5 Å². The third kappa shape index (κ3) is 5.53. The molecule has 0 aromatic carbocycles. The Morgan fingerprint density at radius 1 is 1.12 bits per heavy atom. The van der Waals surface area contributed by atoms with E-state index in [9.17, 15) is 22.8 Å². The van der Waals surface area contributed by atoms with Crippen LogP contribution in [-0.4, -0.2) is 54.1 Å². The first kappa shape index (κ1) is 23.2. The van der Waals surface area contributed by atoms with Gasteiger partial charge >= 0.3 is 6.18 Å². The lowest BCUT2D eigenvalue weighted by Crippen LogP contribution is -2.42. The Kier molecular flexibility index (Phi) is 6.71. The molecular weight excluding hydrogens is 439 g/mol. The summed E-state index contributed by atoms with van der Waals surface area (Å²) in [6, 6.07) is 0. The van der Waals surface area contributed by atoms with Gasteiger partial charge in [0.25, 0.3) is 0 Å². The molecule has 1 saturated carbocycles. The lowest BCUT2D eigenvalue weighted by molar-refractivity contribution is -0.148. The fourth-order valence-corrected chi connectivity index (χ4v) is 4.87. The number of hydrogen-bond acceptors (Lipinski definition) is 5. The molecule has 0 unspecified atom stereocenters. The molecule has 2 aromatic heterocycles. The summed E-state index contributed by atoms with van der Waals surface area (Å²) in [5, 5.41) is 9.86. The van der Waals surface area contributed by atoms with Crippen molar-refractivity contribution in [2.24, 2.45) is 5.41 Å². The maximum absolute atomic E-state index is 13.1. The van der Waals surface area contributed by atoms with Crippen LogP contribution in [0, 0.1) is 5.41 Å². The molecule has 0 atom stereocenters. The normalized spacial score (nSPS) is 17.7. The summed E-state index contributed by atoms with van der Waals surface area (Å²) in [7, 11) is 0. The average molecular weight is 467 g/mol. The monoisotopic (exact) mass is 467 g/mol. The summed E-state index contributed by atoms with van der Waals surface area (Å²) in [4.78, 5) is 31.2. The Morgan fingerprint density at radius 2 is 1.91 bits per heavy atom. The van der Waals surface area contributed by atoms with E-state index in [4.69, 9.17) is 0 Å². The zero-order chi connectivity index (χ0) is 23.5. The molecular formula is C21H28F3N7O2. The highest BCUT2D eigenvalue weighted by Gasteiger charge is 2.42. The van der Waals surface area contributed by atoms with E-state index in [1.54, 1.807) is 12.5 Å². The van der Waals surface area contributed by atoms with E-state index < -0.39 is 17.4 Å². The van der Waals surface area contributed by atoms with Crippen molar-refractivity contribution in [1.82, 2.24) is 34.5 Å². The maximum Gasteiger partial charge on any atom is 0.451 e. The van der Waals surface area contributed by atoms with Crippen molar-refractivity contribution in [3.63, 3.8) is 0 Å². The summed E-state index contributed by atoms with van der Waals surface area (Å²) >= 11 is 0. The third-order valence-corrected chi connectivity index (χ3v) is 6.56. The van der Waals surface area contributed by atoms with Crippen LogP contribution < -0.4 is 5.32 Å². The molecule has 1 fully saturated rings. The van der Waals surface area contributed by atoms with Crippen LogP contribution in [0.4, 0.5) is 13.2 Å². The molecule has 1 N–H and O–H groups in total. The van der Waals surface area contributed by atoms with Crippen molar-refractivity contribution < 1.29 is 22.8 Å². The van der Waals surface area contributed by atoms with Crippen molar-refractivity contribution in [1.29, 1.82) is 0 Å². The lowest BCUT2D eigenvalue weighted by atomic mass is 9.78. The predicted octanol–water partition coefficient (Wildman–Crippen LogP) is 2.38. The molecule has 33 heavy (non-hydrogen) atoms. The van der Waals surface area contributed by atoms with Gasteiger partial charge < -0.3 is 19.4 Å². The second-order valence-corrected chi connectivity index (χ2v) is 8.97. The van der Waals surface area contributed by atoms with E-state index in [1.807, 2.05) is 10.8 Å². The average Bonchev–Trinajstić information content (AvgIpc) is 3.51. The number of imidazole rings is 1. The van der Waals surface area contributed by atoms with Gasteiger partial charge in [-0.3, -0.25) is 9.59 Å². The summed E-state index contributed by atoms with van der Waals surface area (Å²) in [6.07, 6.45) is 5.53. The van der Waals surface area contributed by atoms with E-state index in [1.165, 1.54) is 4.90 Å². The summed E-state index contributed by atoms with van der Waals surface area (Å²) in [6.45, 7) is 1.49. The first-order valence-electron chi connectivity index (χ1n) is 11.3. The second-order valence-electron chi connectivity index (χ2n) is 8.97. The standard InChI is InChI=1S/C21H28F3N7O2/c22-21(23,24)19-28-27-16-14-30(10-11-31(16)19)18(33)13-20(4-1-2-5-20)12-17(32)26-6-3-8-29-9-7-25-15-29/h7,9,15H,1-6,8,10-14H2,(H,26,32). The predicted molar refractivity (Wildman–Crippen MR) is 110 cm³/mol. The van der Waals surface area contributed by atoms with Crippen molar-refractivity contribution in [3.05, 3.63) is 30.4 Å². The van der Waals surface area contributed by atoms with Gasteiger partial charge in [0.1, 0.15) is 0 Å². The first-order valence-corrected chi connectivity index (χ1v) is 11.3. The summed E-state index contributed by atoms with van der Waals surface area (Å²) in [5.41, 5.74) is -0.395. The highest BCUT2D eigenvalue weighted by molar-refractivity contribution is 5.80. The molecule has 9 nitrogen and oxygen atoms in total. The minimum atomic E-state index is -4.57. The molecule has 2 amide bonds. The quantitative estimate of drug-likeness (QED) is 0.602. The van der Waals surface area contributed by atoms with Crippen LogP contribution in [0.5, 0.6) is 0 Å². The number of amides is 2. The first-order chi connectivity index (χ1) is 15.8. The number of alkyl halides is 3. The van der Waals surface area contributed by atoms with Gasteiger partial charge in [-0.1, -0.05) is 12.8 Å². The van der Waals surface area contributed by atoms with Crippen LogP contribution in [0.3, 0.4) is 0 Å². The van der Waals surface area contributed by atoms with Gasteiger partial charge in [0.15, 0.2) is 5.82 Å². The van der Waals surface area contributed by atoms with E-state index in [0.29, 0.717) is 6.54 Å². The molecule has 2 aromatic rings. The lowest BCUT2D eigenvalue weighted by Gasteiger charge is -2.33. The fourth-order valence-electron chi connectivity index (χ4n) is 4.87. The molecule has 0 spiro atoms. The van der Waals surface area contributed by atoms with Gasteiger partial charge in [-0.25, -0.2) is 4.98 Å². The fraction of sp³-hybridized carbons (Fsp3) is 0.667. The van der Waals surface area contributed by atoms with Crippen LogP contribution >= 0.6 is 0 Å². The van der Waals surface area contributed by atoms with Gasteiger partial charge in [-0.2, -0.15) is 13.2 Å². The maximum atomic E-state index is 13.1. The smallest absolute Gasteiger partial charge is 0.356 e. The van der Waals surface area contributed by atoms with Crippen LogP contribution in [0.2, 0.25) is 0 Å². The minimum absolute atomic E-state index is 0.00155. The largest absolute Gasteiger partial charge is 0.451 e. The number of aromatic nitrogens is 5. The SMILES string of the molecule is O=C(CC1(CC(=O)N2CCn3c(nnc3C(F)(F)F)C2)CCCC1)NCCCn1ccnc1. The Morgan fingerprint density at radius 3 is 2.61 bits per heavy atom. The number of nitrogens with zero attached hydrogens (tertiary/aromatic N) is 6. The van der Waals surface area contributed by atoms with Crippen LogP contribution in [0.25, 0.3) is 0 Å². The van der Waals surface area contributed by atoms with Crippen LogP contribution in [0.1, 0.15) is 56.6 Å². The van der Waals surface area contributed by atoms with Gasteiger partial charge in [0, 0.05) is 51.4 Å². The zero-order valence-electron chi connectivity index (χ0n) is 18.4. The Labute approximate surface area is 189 Å². The van der Waals surface area contributed by atoms with Gasteiger partial charge in [-0.15, -0.1) is 10.2 Å². The van der Waals surface area contributed by atoms with Crippen LogP contribution in [0.15, 0.2) is 18.7 Å². The van der Waals surface area contributed by atoms with E-state index >= 15 is 0 Å². The Hall–Kier alpha value is -2.92. The summed E-state index contributed by atoms with van der Waals surface area (Å²) < 4.78 is 42.1. The molecule has 4 rings (SSSR count). The third-order valence-electron chi connectivity index (χ3n) is 6.56. The number of carbonyl (C=O) groups is 2. The molecule has 2 aliphatic rings. The minimum Gasteiger partial charge on any atom is -0.356 e. The number of carbonyl (C=O) groups excluding carboxylic acids is 2. The van der Waals surface area contributed by atoms with Crippen molar-refractivity contribution in [2.75, 3.05) is 13.1 Å². The highest BCUT2D eigenvalue weighted by atomic mass is 19.4. The van der Waals surface area contributed by atoms with E-state index in [0.717, 1.165) is 43.2 Å². The van der Waals surface area contributed by atoms with Crippen molar-refractivity contribution >= 4 is 11.8 Å². The number of nitrogens with one attached hydrogen (secondary N) is 1. The summed E-state index contributed by atoms with van der Waals surface area (Å²) in [5.74, 6) is -1.10. The molecule has 180 valence electrons. The number of fused-ring (bicyclic) bond motifs is 1. The topological polar surface area (TPSA) is 97.9 Å². The molecule has 1 aliphatic heterocycles. The number of rotatable bonds is 8. The molecule has 1 aliphatic carbocycles. The molecule has 0 saturated heterocycles. The number of hydrogen-bond donors (Lipinski definition) is 1. The van der Waals surface area contributed by atoms with Crippen molar-refractivity contribution in [3.8, 4) is 0 Å². The highest BCUT2D eigenvalue weighted by Crippen LogP contribution is 2.44. The van der Waals surface area contributed by atoms with Gasteiger partial charge in [0.2, 0.25) is 17.6 Å². The Bertz CT molecular complexity index is 965. The molecule has 0 radical (unpaired) electrons. The van der Waals surface area contributed by atoms with E-state index in [-0.39, 0.29) is 50.1 Å². The molecule has 3 heterocycles. The van der Waals surface area contributed by atoms with Gasteiger partial charge in [0.05, 0.1) is 12.9 Å². The van der Waals surface area contributed by atoms with Crippen LogP contribution in [-0.2, 0) is 35.4 Å². The van der Waals surface area contributed by atoms with Crippen molar-refractivity contribution in [2.45, 2.75) is 70.8 Å². The number of aryl methyl sites for hydroxylation is 1. The molecule has 12 heteroatoms.